The molecular weight excluding hydrogens is 241 g/mol. The van der Waals surface area contributed by atoms with E-state index in [1.165, 1.54) is 6.07 Å². The van der Waals surface area contributed by atoms with E-state index in [2.05, 4.69) is 17.1 Å². The monoisotopic (exact) mass is 261 g/mol. The van der Waals surface area contributed by atoms with Gasteiger partial charge in [0.15, 0.2) is 0 Å². The van der Waals surface area contributed by atoms with Crippen LogP contribution in [0.1, 0.15) is 30.9 Å². The summed E-state index contributed by atoms with van der Waals surface area (Å²) in [6, 6.07) is 7.48. The van der Waals surface area contributed by atoms with Gasteiger partial charge < -0.3 is 5.32 Å². The molecule has 0 aromatic heterocycles. The van der Waals surface area contributed by atoms with Crippen LogP contribution in [-0.4, -0.2) is 30.6 Å². The molecular formula is C15H20FN3. The standard InChI is InChI=1S/C15H20FN3/c1-2-19(14-6-8-18-9-7-14)11-13-5-3-4-12(10-17)15(13)16/h3-5,14,18H,2,6-9,11H2,1H3. The first-order valence-corrected chi connectivity index (χ1v) is 6.88. The van der Waals surface area contributed by atoms with Crippen molar-refractivity contribution in [3.05, 3.63) is 35.1 Å². The lowest BCUT2D eigenvalue weighted by Crippen LogP contribution is -2.42. The van der Waals surface area contributed by atoms with Crippen LogP contribution in [-0.2, 0) is 6.54 Å². The topological polar surface area (TPSA) is 39.1 Å². The zero-order valence-corrected chi connectivity index (χ0v) is 11.3. The Hall–Kier alpha value is -1.44. The van der Waals surface area contributed by atoms with E-state index in [-0.39, 0.29) is 11.4 Å². The molecule has 0 bridgehead atoms. The summed E-state index contributed by atoms with van der Waals surface area (Å²) in [5.74, 6) is -0.364. The molecule has 1 aliphatic rings. The van der Waals surface area contributed by atoms with E-state index in [0.29, 0.717) is 18.2 Å². The van der Waals surface area contributed by atoms with Gasteiger partial charge in [-0.15, -0.1) is 0 Å². The van der Waals surface area contributed by atoms with Gasteiger partial charge in [-0.1, -0.05) is 19.1 Å². The summed E-state index contributed by atoms with van der Waals surface area (Å²) in [6.45, 7) is 5.65. The van der Waals surface area contributed by atoms with Crippen molar-refractivity contribution in [1.29, 1.82) is 5.26 Å². The summed E-state index contributed by atoms with van der Waals surface area (Å²) in [5.41, 5.74) is 0.762. The van der Waals surface area contributed by atoms with Crippen LogP contribution in [0.4, 0.5) is 4.39 Å². The first-order valence-electron chi connectivity index (χ1n) is 6.88. The number of benzene rings is 1. The van der Waals surface area contributed by atoms with Gasteiger partial charge in [-0.3, -0.25) is 4.90 Å². The molecule has 0 aliphatic carbocycles. The quantitative estimate of drug-likeness (QED) is 0.903. The number of nitrogens with one attached hydrogen (secondary N) is 1. The second-order valence-electron chi connectivity index (χ2n) is 4.93. The minimum absolute atomic E-state index is 0.138. The van der Waals surface area contributed by atoms with Crippen LogP contribution in [0.15, 0.2) is 18.2 Å². The number of piperidine rings is 1. The molecule has 0 radical (unpaired) electrons. The Balaban J connectivity index is 2.12. The van der Waals surface area contributed by atoms with E-state index in [0.717, 1.165) is 32.5 Å². The smallest absolute Gasteiger partial charge is 0.145 e. The van der Waals surface area contributed by atoms with Crippen molar-refractivity contribution in [2.75, 3.05) is 19.6 Å². The molecule has 0 saturated carbocycles. The summed E-state index contributed by atoms with van der Waals surface area (Å²) in [4.78, 5) is 2.31. The van der Waals surface area contributed by atoms with E-state index in [1.54, 1.807) is 12.1 Å². The lowest BCUT2D eigenvalue weighted by molar-refractivity contribution is 0.160. The molecule has 1 heterocycles. The average Bonchev–Trinajstić information content (AvgIpc) is 2.47. The van der Waals surface area contributed by atoms with Gasteiger partial charge in [0.1, 0.15) is 11.9 Å². The maximum Gasteiger partial charge on any atom is 0.145 e. The van der Waals surface area contributed by atoms with Crippen molar-refractivity contribution < 1.29 is 4.39 Å². The molecule has 1 aromatic carbocycles. The number of nitriles is 1. The summed E-state index contributed by atoms with van der Waals surface area (Å²) in [6.07, 6.45) is 2.21. The average molecular weight is 261 g/mol. The van der Waals surface area contributed by atoms with Crippen LogP contribution in [0.2, 0.25) is 0 Å². The maximum absolute atomic E-state index is 14.1. The molecule has 3 nitrogen and oxygen atoms in total. The molecule has 0 atom stereocenters. The molecule has 1 aromatic rings. The van der Waals surface area contributed by atoms with Crippen molar-refractivity contribution in [3.8, 4) is 6.07 Å². The molecule has 1 aliphatic heterocycles. The second kappa shape index (κ2) is 6.65. The highest BCUT2D eigenvalue weighted by Crippen LogP contribution is 2.18. The molecule has 2 rings (SSSR count). The molecule has 0 unspecified atom stereocenters. The van der Waals surface area contributed by atoms with Crippen LogP contribution in [0.25, 0.3) is 0 Å². The SMILES string of the molecule is CCN(Cc1cccc(C#N)c1F)C1CCNCC1. The number of halogens is 1. The predicted octanol–water partition coefficient (Wildman–Crippen LogP) is 2.27. The fraction of sp³-hybridized carbons (Fsp3) is 0.533. The molecule has 0 amide bonds. The molecule has 0 spiro atoms. The lowest BCUT2D eigenvalue weighted by atomic mass is 10.0. The van der Waals surface area contributed by atoms with Crippen LogP contribution in [0.5, 0.6) is 0 Å². The van der Waals surface area contributed by atoms with Crippen molar-refractivity contribution in [1.82, 2.24) is 10.2 Å². The Morgan fingerprint density at radius 3 is 2.79 bits per heavy atom. The number of hydrogen-bond donors (Lipinski definition) is 1. The largest absolute Gasteiger partial charge is 0.317 e. The molecule has 102 valence electrons. The summed E-state index contributed by atoms with van der Waals surface area (Å²) < 4.78 is 14.1. The highest BCUT2D eigenvalue weighted by atomic mass is 19.1. The van der Waals surface area contributed by atoms with Gasteiger partial charge >= 0.3 is 0 Å². The highest BCUT2D eigenvalue weighted by Gasteiger charge is 2.21. The minimum Gasteiger partial charge on any atom is -0.317 e. The van der Waals surface area contributed by atoms with Gasteiger partial charge in [0.25, 0.3) is 0 Å². The first-order chi connectivity index (χ1) is 9.26. The van der Waals surface area contributed by atoms with Crippen molar-refractivity contribution in [2.45, 2.75) is 32.4 Å². The number of hydrogen-bond acceptors (Lipinski definition) is 3. The normalized spacial score (nSPS) is 16.5. The lowest BCUT2D eigenvalue weighted by Gasteiger charge is -2.34. The first kappa shape index (κ1) is 14.0. The van der Waals surface area contributed by atoms with Gasteiger partial charge in [-0.2, -0.15) is 5.26 Å². The zero-order valence-electron chi connectivity index (χ0n) is 11.3. The van der Waals surface area contributed by atoms with Gasteiger partial charge in [-0.25, -0.2) is 4.39 Å². The Morgan fingerprint density at radius 1 is 1.42 bits per heavy atom. The molecule has 1 N–H and O–H groups in total. The minimum atomic E-state index is -0.364. The third-order valence-electron chi connectivity index (χ3n) is 3.80. The molecule has 1 fully saturated rings. The Morgan fingerprint density at radius 2 is 2.16 bits per heavy atom. The Kier molecular flexibility index (Phi) is 4.89. The van der Waals surface area contributed by atoms with E-state index >= 15 is 0 Å². The van der Waals surface area contributed by atoms with E-state index in [4.69, 9.17) is 5.26 Å². The summed E-state index contributed by atoms with van der Waals surface area (Å²) in [7, 11) is 0. The van der Waals surface area contributed by atoms with Crippen molar-refractivity contribution in [3.63, 3.8) is 0 Å². The van der Waals surface area contributed by atoms with Gasteiger partial charge in [-0.05, 0) is 38.5 Å². The van der Waals surface area contributed by atoms with E-state index < -0.39 is 0 Å². The maximum atomic E-state index is 14.1. The summed E-state index contributed by atoms with van der Waals surface area (Å²) >= 11 is 0. The third-order valence-corrected chi connectivity index (χ3v) is 3.80. The Labute approximate surface area is 114 Å². The zero-order chi connectivity index (χ0) is 13.7. The highest BCUT2D eigenvalue weighted by molar-refractivity contribution is 5.34. The van der Waals surface area contributed by atoms with Crippen LogP contribution >= 0.6 is 0 Å². The van der Waals surface area contributed by atoms with Gasteiger partial charge in [0.05, 0.1) is 5.56 Å². The number of rotatable bonds is 4. The molecule has 1 saturated heterocycles. The van der Waals surface area contributed by atoms with Crippen LogP contribution < -0.4 is 5.32 Å². The van der Waals surface area contributed by atoms with Gasteiger partial charge in [0.2, 0.25) is 0 Å². The van der Waals surface area contributed by atoms with E-state index in [1.807, 2.05) is 6.07 Å². The predicted molar refractivity (Wildman–Crippen MR) is 73.1 cm³/mol. The van der Waals surface area contributed by atoms with E-state index in [9.17, 15) is 4.39 Å². The molecule has 4 heteroatoms. The summed E-state index contributed by atoms with van der Waals surface area (Å²) in [5, 5.41) is 12.2. The van der Waals surface area contributed by atoms with Gasteiger partial charge in [0, 0.05) is 18.2 Å². The van der Waals surface area contributed by atoms with Crippen LogP contribution in [0, 0.1) is 17.1 Å². The van der Waals surface area contributed by atoms with Crippen molar-refractivity contribution >= 4 is 0 Å². The Bertz CT molecular complexity index is 461. The third kappa shape index (κ3) is 3.31. The van der Waals surface area contributed by atoms with Crippen molar-refractivity contribution in [2.24, 2.45) is 0 Å². The number of nitrogens with zero attached hydrogens (tertiary/aromatic N) is 2. The fourth-order valence-corrected chi connectivity index (χ4v) is 2.68. The van der Waals surface area contributed by atoms with Crippen LogP contribution in [0.3, 0.4) is 0 Å². The second-order valence-corrected chi connectivity index (χ2v) is 4.93. The molecule has 19 heavy (non-hydrogen) atoms. The fourth-order valence-electron chi connectivity index (χ4n) is 2.68.